The molecule has 0 unspecified atom stereocenters. The summed E-state index contributed by atoms with van der Waals surface area (Å²) in [5.41, 5.74) is 3.01. The quantitative estimate of drug-likeness (QED) is 0.464. The molecule has 2 aromatic rings. The lowest BCUT2D eigenvalue weighted by Gasteiger charge is -2.31. The molecule has 1 fully saturated rings. The normalized spacial score (nSPS) is 15.0. The van der Waals surface area contributed by atoms with E-state index < -0.39 is 0 Å². The van der Waals surface area contributed by atoms with E-state index in [2.05, 4.69) is 98.5 Å². The number of carbonyl (C=O) groups is 1. The Morgan fingerprint density at radius 1 is 0.889 bits per heavy atom. The zero-order valence-electron chi connectivity index (χ0n) is 16.7. The molecule has 2 aromatic carbocycles. The van der Waals surface area contributed by atoms with E-state index in [0.717, 1.165) is 25.7 Å². The van der Waals surface area contributed by atoms with Gasteiger partial charge in [0.25, 0.3) is 0 Å². The fourth-order valence-corrected chi connectivity index (χ4v) is 4.05. The van der Waals surface area contributed by atoms with Gasteiger partial charge in [-0.2, -0.15) is 0 Å². The summed E-state index contributed by atoms with van der Waals surface area (Å²) in [6, 6.07) is 21.5. The lowest BCUT2D eigenvalue weighted by Crippen LogP contribution is -2.19. The topological polar surface area (TPSA) is 26.3 Å². The highest BCUT2D eigenvalue weighted by molar-refractivity contribution is 7.75. The summed E-state index contributed by atoms with van der Waals surface area (Å²) in [5, 5.41) is 0. The third-order valence-electron chi connectivity index (χ3n) is 5.16. The molecule has 0 radical (unpaired) electrons. The summed E-state index contributed by atoms with van der Waals surface area (Å²) in [5.74, 6) is 0.430. The van der Waals surface area contributed by atoms with Crippen molar-refractivity contribution in [3.05, 3.63) is 71.8 Å². The molecule has 2 nitrogen and oxygen atoms in total. The minimum atomic E-state index is -0.150. The molecule has 0 aliphatic heterocycles. The summed E-state index contributed by atoms with van der Waals surface area (Å²) in [4.78, 5) is 10.9. The van der Waals surface area contributed by atoms with Crippen LogP contribution in [0.15, 0.2) is 60.7 Å². The number of benzene rings is 2. The van der Waals surface area contributed by atoms with E-state index in [9.17, 15) is 4.79 Å². The van der Waals surface area contributed by atoms with Crippen LogP contribution in [0.25, 0.3) is 0 Å². The molecule has 1 aliphatic carbocycles. The van der Waals surface area contributed by atoms with E-state index in [4.69, 9.17) is 0 Å². The highest BCUT2D eigenvalue weighted by Gasteiger charge is 2.27. The van der Waals surface area contributed by atoms with Crippen molar-refractivity contribution in [1.29, 1.82) is 0 Å². The monoisotopic (exact) mass is 384 g/mol. The molecule has 0 aromatic heterocycles. The Morgan fingerprint density at radius 3 is 1.70 bits per heavy atom. The predicted molar refractivity (Wildman–Crippen MR) is 116 cm³/mol. The molecule has 0 spiro atoms. The molecule has 0 atom stereocenters. The van der Waals surface area contributed by atoms with Gasteiger partial charge in [0.05, 0.1) is 5.92 Å². The molecule has 3 rings (SSSR count). The number of hydrogen-bond acceptors (Lipinski definition) is 3. The van der Waals surface area contributed by atoms with Crippen molar-refractivity contribution in [2.24, 2.45) is 11.3 Å². The zero-order chi connectivity index (χ0) is 19.7. The maximum Gasteiger partial charge on any atom is 0.320 e. The number of rotatable bonds is 3. The molecule has 0 saturated heterocycles. The number of thiol groups is 1. The van der Waals surface area contributed by atoms with E-state index in [-0.39, 0.29) is 17.3 Å². The molecule has 3 heteroatoms. The Kier molecular flexibility index (Phi) is 8.43. The predicted octanol–water partition coefficient (Wildman–Crippen LogP) is 6.82. The SMILES string of the molecule is CC(C)(C)C(c1ccccc1)c1ccccc1.O=C(OS)C1CCCCC1. The van der Waals surface area contributed by atoms with Gasteiger partial charge in [0.15, 0.2) is 0 Å². The van der Waals surface area contributed by atoms with Gasteiger partial charge >= 0.3 is 5.97 Å². The van der Waals surface area contributed by atoms with E-state index in [0.29, 0.717) is 5.92 Å². The second kappa shape index (κ2) is 10.6. The summed E-state index contributed by atoms with van der Waals surface area (Å²) in [7, 11) is 0. The summed E-state index contributed by atoms with van der Waals surface area (Å²) < 4.78 is 4.35. The number of carbonyl (C=O) groups excluding carboxylic acids is 1. The second-order valence-electron chi connectivity index (χ2n) is 8.37. The summed E-state index contributed by atoms with van der Waals surface area (Å²) in [6.07, 6.45) is 5.55. The Hall–Kier alpha value is -1.74. The van der Waals surface area contributed by atoms with Crippen molar-refractivity contribution in [1.82, 2.24) is 0 Å². The van der Waals surface area contributed by atoms with E-state index >= 15 is 0 Å². The van der Waals surface area contributed by atoms with Crippen molar-refractivity contribution < 1.29 is 8.98 Å². The van der Waals surface area contributed by atoms with Crippen LogP contribution in [0.2, 0.25) is 0 Å². The Labute approximate surface area is 170 Å². The van der Waals surface area contributed by atoms with Gasteiger partial charge in [-0.25, -0.2) is 0 Å². The Balaban J connectivity index is 0.000000223. The summed E-state index contributed by atoms with van der Waals surface area (Å²) >= 11 is 3.48. The van der Waals surface area contributed by atoms with Crippen LogP contribution in [-0.4, -0.2) is 5.97 Å². The van der Waals surface area contributed by atoms with Crippen molar-refractivity contribution in [2.75, 3.05) is 0 Å². The van der Waals surface area contributed by atoms with Crippen molar-refractivity contribution in [3.63, 3.8) is 0 Å². The molecule has 1 saturated carbocycles. The van der Waals surface area contributed by atoms with E-state index in [1.54, 1.807) is 0 Å². The molecule has 0 heterocycles. The van der Waals surface area contributed by atoms with Crippen LogP contribution in [0.1, 0.15) is 69.9 Å². The van der Waals surface area contributed by atoms with Crippen LogP contribution in [0.3, 0.4) is 0 Å². The Morgan fingerprint density at radius 2 is 1.33 bits per heavy atom. The minimum Gasteiger partial charge on any atom is -0.394 e. The van der Waals surface area contributed by atoms with Gasteiger partial charge in [-0.05, 0) is 29.4 Å². The molecule has 0 amide bonds. The fourth-order valence-electron chi connectivity index (χ4n) is 3.90. The molecular formula is C24H32O2S. The van der Waals surface area contributed by atoms with Gasteiger partial charge in [0.1, 0.15) is 0 Å². The summed E-state index contributed by atoms with van der Waals surface area (Å²) in [6.45, 7) is 6.91. The Bertz CT molecular complexity index is 631. The van der Waals surface area contributed by atoms with Crippen LogP contribution < -0.4 is 0 Å². The lowest BCUT2D eigenvalue weighted by atomic mass is 9.73. The molecule has 0 N–H and O–H groups in total. The fraction of sp³-hybridized carbons (Fsp3) is 0.458. The van der Waals surface area contributed by atoms with Crippen molar-refractivity contribution >= 4 is 18.9 Å². The maximum atomic E-state index is 10.9. The van der Waals surface area contributed by atoms with Crippen LogP contribution >= 0.6 is 12.9 Å². The molecule has 146 valence electrons. The van der Waals surface area contributed by atoms with Crippen LogP contribution in [0, 0.1) is 11.3 Å². The van der Waals surface area contributed by atoms with Gasteiger partial charge in [-0.3, -0.25) is 4.79 Å². The highest BCUT2D eigenvalue weighted by atomic mass is 32.1. The minimum absolute atomic E-state index is 0.131. The third kappa shape index (κ3) is 6.73. The van der Waals surface area contributed by atoms with Crippen LogP contribution in [0.5, 0.6) is 0 Å². The van der Waals surface area contributed by atoms with Crippen LogP contribution in [0.4, 0.5) is 0 Å². The van der Waals surface area contributed by atoms with E-state index in [1.165, 1.54) is 17.5 Å². The molecule has 0 bridgehead atoms. The number of hydrogen-bond donors (Lipinski definition) is 1. The van der Waals surface area contributed by atoms with Crippen molar-refractivity contribution in [2.45, 2.75) is 58.8 Å². The van der Waals surface area contributed by atoms with Gasteiger partial charge in [0, 0.05) is 18.8 Å². The van der Waals surface area contributed by atoms with Crippen molar-refractivity contribution in [3.8, 4) is 0 Å². The highest BCUT2D eigenvalue weighted by Crippen LogP contribution is 2.40. The van der Waals surface area contributed by atoms with Gasteiger partial charge in [0.2, 0.25) is 0 Å². The van der Waals surface area contributed by atoms with Gasteiger partial charge in [-0.1, -0.05) is 101 Å². The average molecular weight is 385 g/mol. The second-order valence-corrected chi connectivity index (χ2v) is 8.55. The largest absolute Gasteiger partial charge is 0.394 e. The van der Waals surface area contributed by atoms with Gasteiger partial charge in [-0.15, -0.1) is 0 Å². The molecule has 1 aliphatic rings. The lowest BCUT2D eigenvalue weighted by molar-refractivity contribution is -0.138. The third-order valence-corrected chi connectivity index (χ3v) is 5.34. The first-order valence-corrected chi connectivity index (χ1v) is 10.2. The van der Waals surface area contributed by atoms with E-state index in [1.807, 2.05) is 0 Å². The first kappa shape index (κ1) is 21.6. The zero-order valence-corrected chi connectivity index (χ0v) is 17.6. The first-order valence-electron chi connectivity index (χ1n) is 9.88. The average Bonchev–Trinajstić information content (AvgIpc) is 2.69. The maximum absolute atomic E-state index is 10.9. The first-order chi connectivity index (χ1) is 12.9. The molecular weight excluding hydrogens is 352 g/mol. The van der Waals surface area contributed by atoms with Gasteiger partial charge < -0.3 is 4.18 Å². The van der Waals surface area contributed by atoms with Crippen LogP contribution in [-0.2, 0) is 8.98 Å². The standard InChI is InChI=1S/C17H20.C7H12O2S/c1-17(2,3)16(14-10-6-4-7-11-14)15-12-8-5-9-13-15;8-7(9-10)6-4-2-1-3-5-6/h4-13,16H,1-3H3;6,10H,1-5H2. The molecule has 27 heavy (non-hydrogen) atoms. The smallest absolute Gasteiger partial charge is 0.320 e.